The van der Waals surface area contributed by atoms with Gasteiger partial charge in [0.1, 0.15) is 0 Å². The maximum Gasteiger partial charge on any atom is 0.308 e. The molecule has 0 aromatic rings. The van der Waals surface area contributed by atoms with Gasteiger partial charge in [0.05, 0.1) is 41.9 Å². The minimum atomic E-state index is -0.734. The summed E-state index contributed by atoms with van der Waals surface area (Å²) in [6.07, 6.45) is 19.3. The van der Waals surface area contributed by atoms with Crippen LogP contribution in [0, 0.1) is 17.8 Å². The summed E-state index contributed by atoms with van der Waals surface area (Å²) in [5.74, 6) is -0.333. The fourth-order valence-corrected chi connectivity index (χ4v) is 6.83. The highest BCUT2D eigenvalue weighted by molar-refractivity contribution is 5.72. The van der Waals surface area contributed by atoms with Crippen LogP contribution in [0.15, 0.2) is 0 Å². The monoisotopic (exact) mass is 771 g/mol. The van der Waals surface area contributed by atoms with Crippen LogP contribution in [0.4, 0.5) is 0 Å². The van der Waals surface area contributed by atoms with Crippen LogP contribution in [0.5, 0.6) is 0 Å². The zero-order chi connectivity index (χ0) is 40.3. The Morgan fingerprint density at radius 3 is 1.13 bits per heavy atom. The minimum Gasteiger partial charge on any atom is -0.465 e. The molecule has 320 valence electrons. The standard InChI is InChI=1S/C45H86O9/c1-37-25-22-28-43(4,5)52-34-20-14-11-17-32-50-41(47)39(3)27-24-30-45(8,9)54-36-21-15-12-18-33-51-42(48)38(2)26-23-29-44(6,7)53-35-19-13-10-16-31-49-40(37)46/h37-40,46H,10-36H2,1-9H3. The molecule has 9 nitrogen and oxygen atoms in total. The van der Waals surface area contributed by atoms with E-state index in [0.29, 0.717) is 26.4 Å². The van der Waals surface area contributed by atoms with Gasteiger partial charge in [-0.05, 0) is 144 Å². The number of esters is 2. The van der Waals surface area contributed by atoms with Crippen molar-refractivity contribution in [2.24, 2.45) is 17.8 Å². The lowest BCUT2D eigenvalue weighted by atomic mass is 9.96. The number of aliphatic hydroxyl groups excluding tert-OH is 1. The van der Waals surface area contributed by atoms with Crippen LogP contribution in [-0.4, -0.2) is 79.8 Å². The molecule has 1 N–H and O–H groups in total. The van der Waals surface area contributed by atoms with Gasteiger partial charge >= 0.3 is 11.9 Å². The Bertz CT molecular complexity index is 947. The van der Waals surface area contributed by atoms with Crippen molar-refractivity contribution >= 4 is 11.9 Å². The molecule has 0 radical (unpaired) electrons. The van der Waals surface area contributed by atoms with Gasteiger partial charge in [0.15, 0.2) is 6.29 Å². The van der Waals surface area contributed by atoms with Gasteiger partial charge in [-0.3, -0.25) is 9.59 Å². The maximum absolute atomic E-state index is 12.5. The molecule has 1 rings (SSSR count). The molecule has 0 bridgehead atoms. The number of carbonyl (C=O) groups is 2. The SMILES string of the molecule is CC1CCCC(C)(C)OCCCCCCOC(=O)C(C)CCCC(C)(C)OCCCCCCOC(O)C(C)CCCC(C)(C)OCCCCCCOC1=O. The molecular weight excluding hydrogens is 684 g/mol. The molecule has 0 aromatic carbocycles. The van der Waals surface area contributed by atoms with E-state index in [2.05, 4.69) is 48.5 Å². The van der Waals surface area contributed by atoms with Crippen molar-refractivity contribution in [2.75, 3.05) is 39.6 Å². The Labute approximate surface area is 332 Å². The Hall–Kier alpha value is -1.26. The van der Waals surface area contributed by atoms with Crippen LogP contribution in [0.3, 0.4) is 0 Å². The van der Waals surface area contributed by atoms with Crippen LogP contribution < -0.4 is 0 Å². The Morgan fingerprint density at radius 1 is 0.444 bits per heavy atom. The van der Waals surface area contributed by atoms with E-state index in [0.717, 1.165) is 148 Å². The van der Waals surface area contributed by atoms with Crippen LogP contribution in [-0.2, 0) is 38.0 Å². The van der Waals surface area contributed by atoms with Crippen molar-refractivity contribution in [1.29, 1.82) is 0 Å². The first kappa shape index (κ1) is 50.8. The molecule has 4 unspecified atom stereocenters. The molecule has 1 aliphatic heterocycles. The predicted molar refractivity (Wildman–Crippen MR) is 218 cm³/mol. The van der Waals surface area contributed by atoms with E-state index in [1.807, 2.05) is 13.8 Å². The van der Waals surface area contributed by atoms with E-state index in [1.54, 1.807) is 0 Å². The van der Waals surface area contributed by atoms with E-state index < -0.39 is 6.29 Å². The van der Waals surface area contributed by atoms with Crippen molar-refractivity contribution in [1.82, 2.24) is 0 Å². The molecule has 1 heterocycles. The maximum atomic E-state index is 12.5. The zero-order valence-electron chi connectivity index (χ0n) is 36.6. The summed E-state index contributed by atoms with van der Waals surface area (Å²) in [4.78, 5) is 25.1. The fraction of sp³-hybridized carbons (Fsp3) is 0.956. The van der Waals surface area contributed by atoms with Gasteiger partial charge in [0.2, 0.25) is 0 Å². The van der Waals surface area contributed by atoms with Crippen molar-refractivity contribution in [3.63, 3.8) is 0 Å². The summed E-state index contributed by atoms with van der Waals surface area (Å²) in [6, 6.07) is 0. The van der Waals surface area contributed by atoms with Crippen LogP contribution in [0.1, 0.15) is 197 Å². The minimum absolute atomic E-state index is 0.0816. The van der Waals surface area contributed by atoms with Gasteiger partial charge in [-0.15, -0.1) is 0 Å². The molecule has 1 fully saturated rings. The summed E-state index contributed by atoms with van der Waals surface area (Å²) in [5.41, 5.74) is -0.635. The number of rotatable bonds is 0. The van der Waals surface area contributed by atoms with E-state index in [-0.39, 0.29) is 46.5 Å². The smallest absolute Gasteiger partial charge is 0.308 e. The van der Waals surface area contributed by atoms with E-state index in [9.17, 15) is 14.7 Å². The molecule has 54 heavy (non-hydrogen) atoms. The third-order valence-corrected chi connectivity index (χ3v) is 10.9. The van der Waals surface area contributed by atoms with Crippen molar-refractivity contribution in [3.8, 4) is 0 Å². The molecule has 0 saturated carbocycles. The van der Waals surface area contributed by atoms with Gasteiger partial charge in [-0.2, -0.15) is 0 Å². The van der Waals surface area contributed by atoms with Gasteiger partial charge in [0, 0.05) is 32.3 Å². The number of hydrogen-bond donors (Lipinski definition) is 1. The van der Waals surface area contributed by atoms with Gasteiger partial charge < -0.3 is 33.5 Å². The van der Waals surface area contributed by atoms with Gasteiger partial charge in [0.25, 0.3) is 0 Å². The average Bonchev–Trinajstić information content (AvgIpc) is 3.10. The molecule has 0 spiro atoms. The van der Waals surface area contributed by atoms with Crippen molar-refractivity contribution in [3.05, 3.63) is 0 Å². The van der Waals surface area contributed by atoms with Crippen molar-refractivity contribution < 1.29 is 43.1 Å². The van der Waals surface area contributed by atoms with Gasteiger partial charge in [-0.25, -0.2) is 0 Å². The van der Waals surface area contributed by atoms with Crippen LogP contribution in [0.2, 0.25) is 0 Å². The first-order valence-corrected chi connectivity index (χ1v) is 22.1. The Balaban J connectivity index is 2.50. The molecule has 1 aliphatic rings. The zero-order valence-corrected chi connectivity index (χ0v) is 36.6. The quantitative estimate of drug-likeness (QED) is 0.241. The largest absolute Gasteiger partial charge is 0.465 e. The highest BCUT2D eigenvalue weighted by atomic mass is 16.6. The van der Waals surface area contributed by atoms with E-state index in [1.165, 1.54) is 0 Å². The summed E-state index contributed by atoms with van der Waals surface area (Å²) < 4.78 is 35.5. The summed E-state index contributed by atoms with van der Waals surface area (Å²) in [6.45, 7) is 22.5. The topological polar surface area (TPSA) is 110 Å². The average molecular weight is 771 g/mol. The third-order valence-electron chi connectivity index (χ3n) is 10.9. The predicted octanol–water partition coefficient (Wildman–Crippen LogP) is 10.9. The molecule has 9 heteroatoms. The first-order valence-electron chi connectivity index (χ1n) is 22.1. The Kier molecular flexibility index (Phi) is 27.3. The molecule has 4 atom stereocenters. The molecule has 1 saturated heterocycles. The number of carbonyl (C=O) groups excluding carboxylic acids is 2. The lowest BCUT2D eigenvalue weighted by molar-refractivity contribution is -0.149. The Morgan fingerprint density at radius 2 is 0.759 bits per heavy atom. The lowest BCUT2D eigenvalue weighted by Crippen LogP contribution is -2.26. The fourth-order valence-electron chi connectivity index (χ4n) is 6.83. The van der Waals surface area contributed by atoms with Gasteiger partial charge in [-0.1, -0.05) is 52.9 Å². The summed E-state index contributed by atoms with van der Waals surface area (Å²) in [5, 5.41) is 10.5. The highest BCUT2D eigenvalue weighted by Crippen LogP contribution is 2.25. The second-order valence-corrected chi connectivity index (χ2v) is 18.1. The molecular formula is C45H86O9. The molecule has 0 aliphatic carbocycles. The highest BCUT2D eigenvalue weighted by Gasteiger charge is 2.23. The van der Waals surface area contributed by atoms with Crippen LogP contribution in [0.25, 0.3) is 0 Å². The number of cyclic esters (lactones) is 2. The summed E-state index contributed by atoms with van der Waals surface area (Å²) >= 11 is 0. The number of aliphatic hydroxyl groups is 1. The third kappa shape index (κ3) is 27.4. The van der Waals surface area contributed by atoms with Crippen molar-refractivity contribution in [2.45, 2.75) is 220 Å². The van der Waals surface area contributed by atoms with E-state index >= 15 is 0 Å². The lowest BCUT2D eigenvalue weighted by Gasteiger charge is -2.27. The molecule has 0 amide bonds. The van der Waals surface area contributed by atoms with E-state index in [4.69, 9.17) is 28.4 Å². The van der Waals surface area contributed by atoms with Crippen LogP contribution >= 0.6 is 0 Å². The second kappa shape index (κ2) is 29.0. The first-order chi connectivity index (χ1) is 25.5. The second-order valence-electron chi connectivity index (χ2n) is 18.1. The summed E-state index contributed by atoms with van der Waals surface area (Å²) in [7, 11) is 0. The molecule has 0 aromatic heterocycles. The number of hydrogen-bond acceptors (Lipinski definition) is 9. The number of ether oxygens (including phenoxy) is 6. The normalized spacial score (nSPS) is 29.7.